The first kappa shape index (κ1) is 13.6. The lowest BCUT2D eigenvalue weighted by molar-refractivity contribution is 0.0728. The summed E-state index contributed by atoms with van der Waals surface area (Å²) in [6, 6.07) is 2.38. The summed E-state index contributed by atoms with van der Waals surface area (Å²) in [6.07, 6.45) is 4.81. The van der Waals surface area contributed by atoms with Crippen LogP contribution in [0.5, 0.6) is 0 Å². The molecule has 1 aliphatic heterocycles. The maximum Gasteiger partial charge on any atom is 0.264 e. The molecule has 1 unspecified atom stereocenters. The summed E-state index contributed by atoms with van der Waals surface area (Å²) in [6.45, 7) is 3.18. The van der Waals surface area contributed by atoms with E-state index in [1.54, 1.807) is 11.3 Å². The molecule has 1 aromatic rings. The minimum Gasteiger partial charge on any atom is -0.396 e. The Morgan fingerprint density at radius 2 is 2.44 bits per heavy atom. The number of thiophene rings is 1. The van der Waals surface area contributed by atoms with Crippen LogP contribution in [0.15, 0.2) is 11.4 Å². The molecule has 1 fully saturated rings. The number of hydrogen-bond donors (Lipinski definition) is 1. The SMILES string of the molecule is CCc1ccsc1C(=O)N1CCCC1CCCO. The minimum atomic E-state index is 0.197. The van der Waals surface area contributed by atoms with Gasteiger partial charge in [0.1, 0.15) is 0 Å². The van der Waals surface area contributed by atoms with Gasteiger partial charge >= 0.3 is 0 Å². The van der Waals surface area contributed by atoms with E-state index in [0.717, 1.165) is 49.1 Å². The topological polar surface area (TPSA) is 40.5 Å². The highest BCUT2D eigenvalue weighted by Crippen LogP contribution is 2.27. The van der Waals surface area contributed by atoms with Crippen LogP contribution in [-0.4, -0.2) is 35.1 Å². The van der Waals surface area contributed by atoms with Gasteiger partial charge in [-0.1, -0.05) is 6.92 Å². The molecule has 0 radical (unpaired) electrons. The molecule has 0 bridgehead atoms. The molecule has 1 saturated heterocycles. The molecule has 0 aromatic carbocycles. The van der Waals surface area contributed by atoms with Crippen molar-refractivity contribution in [3.63, 3.8) is 0 Å². The lowest BCUT2D eigenvalue weighted by Gasteiger charge is -2.24. The third-order valence-electron chi connectivity index (χ3n) is 3.66. The fourth-order valence-corrected chi connectivity index (χ4v) is 3.61. The Morgan fingerprint density at radius 3 is 3.17 bits per heavy atom. The number of aliphatic hydroxyl groups is 1. The minimum absolute atomic E-state index is 0.197. The van der Waals surface area contributed by atoms with Crippen LogP contribution in [0.2, 0.25) is 0 Å². The zero-order valence-corrected chi connectivity index (χ0v) is 11.7. The van der Waals surface area contributed by atoms with Crippen LogP contribution >= 0.6 is 11.3 Å². The van der Waals surface area contributed by atoms with Gasteiger partial charge in [-0.3, -0.25) is 4.79 Å². The van der Waals surface area contributed by atoms with Crippen LogP contribution < -0.4 is 0 Å². The predicted molar refractivity (Wildman–Crippen MR) is 74.1 cm³/mol. The first-order chi connectivity index (χ1) is 8.77. The molecule has 18 heavy (non-hydrogen) atoms. The number of likely N-dealkylation sites (tertiary alicyclic amines) is 1. The molecule has 0 aliphatic carbocycles. The molecule has 1 atom stereocenters. The van der Waals surface area contributed by atoms with Gasteiger partial charge in [0.05, 0.1) is 4.88 Å². The summed E-state index contributed by atoms with van der Waals surface area (Å²) in [5.41, 5.74) is 1.16. The molecule has 4 heteroatoms. The number of hydrogen-bond acceptors (Lipinski definition) is 3. The van der Waals surface area contributed by atoms with Crippen LogP contribution in [0, 0.1) is 0 Å². The Hall–Kier alpha value is -0.870. The van der Waals surface area contributed by atoms with Crippen molar-refractivity contribution in [3.05, 3.63) is 21.9 Å². The fourth-order valence-electron chi connectivity index (χ4n) is 2.66. The zero-order chi connectivity index (χ0) is 13.0. The molecule has 1 aromatic heterocycles. The maximum atomic E-state index is 12.5. The van der Waals surface area contributed by atoms with Gasteiger partial charge in [0.15, 0.2) is 0 Å². The van der Waals surface area contributed by atoms with Crippen molar-refractivity contribution >= 4 is 17.2 Å². The number of carbonyl (C=O) groups is 1. The third-order valence-corrected chi connectivity index (χ3v) is 4.60. The summed E-state index contributed by atoms with van der Waals surface area (Å²) < 4.78 is 0. The molecule has 1 amide bonds. The van der Waals surface area contributed by atoms with Crippen LogP contribution in [0.1, 0.15) is 47.8 Å². The standard InChI is InChI=1S/C14H21NO2S/c1-2-11-7-10-18-13(11)14(17)15-8-3-5-12(15)6-4-9-16/h7,10,12,16H,2-6,8-9H2,1H3. The fraction of sp³-hybridized carbons (Fsp3) is 0.643. The van der Waals surface area contributed by atoms with E-state index in [9.17, 15) is 4.79 Å². The average Bonchev–Trinajstić information content (AvgIpc) is 3.03. The summed E-state index contributed by atoms with van der Waals surface area (Å²) in [5, 5.41) is 10.9. The van der Waals surface area contributed by atoms with Gasteiger partial charge in [-0.15, -0.1) is 11.3 Å². The van der Waals surface area contributed by atoms with Crippen molar-refractivity contribution in [1.82, 2.24) is 4.90 Å². The normalized spacial score (nSPS) is 19.4. The Morgan fingerprint density at radius 1 is 1.61 bits per heavy atom. The van der Waals surface area contributed by atoms with E-state index in [1.807, 2.05) is 10.3 Å². The maximum absolute atomic E-state index is 12.5. The summed E-state index contributed by atoms with van der Waals surface area (Å²) in [4.78, 5) is 15.5. The van der Waals surface area contributed by atoms with Crippen molar-refractivity contribution in [2.45, 2.75) is 45.1 Å². The molecule has 1 aliphatic rings. The highest BCUT2D eigenvalue weighted by atomic mass is 32.1. The average molecular weight is 267 g/mol. The molecular formula is C14H21NO2S. The lowest BCUT2D eigenvalue weighted by atomic mass is 10.1. The molecular weight excluding hydrogens is 246 g/mol. The molecule has 1 N–H and O–H groups in total. The van der Waals surface area contributed by atoms with E-state index >= 15 is 0 Å². The van der Waals surface area contributed by atoms with E-state index in [0.29, 0.717) is 6.04 Å². The van der Waals surface area contributed by atoms with Crippen LogP contribution in [0.3, 0.4) is 0 Å². The predicted octanol–water partition coefficient (Wildman–Crippen LogP) is 2.69. The van der Waals surface area contributed by atoms with E-state index in [1.165, 1.54) is 0 Å². The largest absolute Gasteiger partial charge is 0.396 e. The molecule has 100 valence electrons. The highest BCUT2D eigenvalue weighted by molar-refractivity contribution is 7.12. The zero-order valence-electron chi connectivity index (χ0n) is 10.9. The number of nitrogens with zero attached hydrogens (tertiary/aromatic N) is 1. The number of aryl methyl sites for hydroxylation is 1. The second-order valence-electron chi connectivity index (χ2n) is 4.79. The summed E-state index contributed by atoms with van der Waals surface area (Å²) in [7, 11) is 0. The Labute approximate surface area is 112 Å². The lowest BCUT2D eigenvalue weighted by Crippen LogP contribution is -2.35. The molecule has 0 saturated carbocycles. The van der Waals surface area contributed by atoms with Crippen molar-refractivity contribution in [2.75, 3.05) is 13.2 Å². The van der Waals surface area contributed by atoms with Gasteiger partial charge in [-0.05, 0) is 49.1 Å². The van der Waals surface area contributed by atoms with Gasteiger partial charge in [0.25, 0.3) is 5.91 Å². The number of rotatable bonds is 5. The molecule has 0 spiro atoms. The number of aliphatic hydroxyl groups excluding tert-OH is 1. The van der Waals surface area contributed by atoms with E-state index < -0.39 is 0 Å². The van der Waals surface area contributed by atoms with Gasteiger partial charge < -0.3 is 10.0 Å². The Bertz CT molecular complexity index is 402. The molecule has 2 heterocycles. The van der Waals surface area contributed by atoms with E-state index in [4.69, 9.17) is 5.11 Å². The van der Waals surface area contributed by atoms with Gasteiger partial charge in [-0.2, -0.15) is 0 Å². The van der Waals surface area contributed by atoms with Crippen LogP contribution in [-0.2, 0) is 6.42 Å². The highest BCUT2D eigenvalue weighted by Gasteiger charge is 2.30. The smallest absolute Gasteiger partial charge is 0.264 e. The summed E-state index contributed by atoms with van der Waals surface area (Å²) >= 11 is 1.55. The quantitative estimate of drug-likeness (QED) is 0.891. The van der Waals surface area contributed by atoms with E-state index in [-0.39, 0.29) is 12.5 Å². The van der Waals surface area contributed by atoms with Crippen LogP contribution in [0.25, 0.3) is 0 Å². The Balaban J connectivity index is 2.08. The second-order valence-corrected chi connectivity index (χ2v) is 5.71. The van der Waals surface area contributed by atoms with E-state index in [2.05, 4.69) is 13.0 Å². The molecule has 2 rings (SSSR count). The number of amides is 1. The molecule has 3 nitrogen and oxygen atoms in total. The number of carbonyl (C=O) groups excluding carboxylic acids is 1. The van der Waals surface area contributed by atoms with Crippen molar-refractivity contribution in [2.24, 2.45) is 0 Å². The first-order valence-electron chi connectivity index (χ1n) is 6.76. The Kier molecular flexibility index (Phi) is 4.78. The monoisotopic (exact) mass is 267 g/mol. The van der Waals surface area contributed by atoms with Crippen LogP contribution in [0.4, 0.5) is 0 Å². The van der Waals surface area contributed by atoms with Crippen molar-refractivity contribution < 1.29 is 9.90 Å². The van der Waals surface area contributed by atoms with Crippen molar-refractivity contribution in [3.8, 4) is 0 Å². The summed E-state index contributed by atoms with van der Waals surface area (Å²) in [5.74, 6) is 0.197. The van der Waals surface area contributed by atoms with Gasteiger partial charge in [-0.25, -0.2) is 0 Å². The second kappa shape index (κ2) is 6.34. The third kappa shape index (κ3) is 2.75. The van der Waals surface area contributed by atoms with Crippen molar-refractivity contribution in [1.29, 1.82) is 0 Å². The van der Waals surface area contributed by atoms with Gasteiger partial charge in [0.2, 0.25) is 0 Å². The van der Waals surface area contributed by atoms with Gasteiger partial charge in [0, 0.05) is 19.2 Å². The first-order valence-corrected chi connectivity index (χ1v) is 7.64.